The van der Waals surface area contributed by atoms with Gasteiger partial charge in [0, 0.05) is 24.8 Å². The second-order valence-electron chi connectivity index (χ2n) is 4.75. The van der Waals surface area contributed by atoms with Crippen molar-refractivity contribution in [1.82, 2.24) is 9.62 Å². The second kappa shape index (κ2) is 5.78. The predicted octanol–water partition coefficient (Wildman–Crippen LogP) is 0.308. The second-order valence-corrected chi connectivity index (χ2v) is 6.43. The van der Waals surface area contributed by atoms with Crippen LogP contribution in [0.4, 0.5) is 10.5 Å². The van der Waals surface area contributed by atoms with Crippen LogP contribution < -0.4 is 15.2 Å². The van der Waals surface area contributed by atoms with Gasteiger partial charge in [-0.15, -0.1) is 0 Å². The number of hydrogen-bond donors (Lipinski definition) is 3. The van der Waals surface area contributed by atoms with Crippen molar-refractivity contribution in [3.63, 3.8) is 0 Å². The monoisotopic (exact) mass is 315 g/mol. The maximum absolute atomic E-state index is 12.4. The zero-order valence-electron chi connectivity index (χ0n) is 11.4. The van der Waals surface area contributed by atoms with Crippen LogP contribution in [0.5, 0.6) is 5.75 Å². The number of carbonyl (C=O) groups is 1. The summed E-state index contributed by atoms with van der Waals surface area (Å²) in [5.41, 5.74) is 5.92. The van der Waals surface area contributed by atoms with Crippen LogP contribution in [0.25, 0.3) is 0 Å². The van der Waals surface area contributed by atoms with Gasteiger partial charge in [0.15, 0.2) is 0 Å². The van der Waals surface area contributed by atoms with E-state index < -0.39 is 22.2 Å². The Morgan fingerprint density at radius 2 is 2.24 bits per heavy atom. The summed E-state index contributed by atoms with van der Waals surface area (Å²) in [6.45, 7) is 0.426. The molecule has 8 nitrogen and oxygen atoms in total. The first kappa shape index (κ1) is 15.4. The molecule has 0 radical (unpaired) electrons. The molecule has 116 valence electrons. The van der Waals surface area contributed by atoms with Crippen molar-refractivity contribution in [2.75, 3.05) is 25.9 Å². The Bertz CT molecular complexity index is 646. The maximum Gasteiger partial charge on any atom is 0.407 e. The average molecular weight is 315 g/mol. The number of nitrogens with zero attached hydrogens (tertiary/aromatic N) is 1. The predicted molar refractivity (Wildman–Crippen MR) is 75.7 cm³/mol. The van der Waals surface area contributed by atoms with Gasteiger partial charge in [-0.25, -0.2) is 17.9 Å². The first-order valence-electron chi connectivity index (χ1n) is 6.27. The van der Waals surface area contributed by atoms with Gasteiger partial charge in [-0.2, -0.15) is 0 Å². The van der Waals surface area contributed by atoms with E-state index in [9.17, 15) is 13.2 Å². The maximum atomic E-state index is 12.4. The number of amides is 1. The molecule has 1 saturated heterocycles. The molecule has 0 bridgehead atoms. The molecule has 1 atom stereocenters. The summed E-state index contributed by atoms with van der Waals surface area (Å²) in [6, 6.07) is 3.87. The molecule has 0 aromatic heterocycles. The topological polar surface area (TPSA) is 122 Å². The van der Waals surface area contributed by atoms with Crippen LogP contribution >= 0.6 is 0 Å². The van der Waals surface area contributed by atoms with Gasteiger partial charge < -0.3 is 20.5 Å². The Balaban J connectivity index is 2.20. The van der Waals surface area contributed by atoms with E-state index in [1.807, 2.05) is 0 Å². The van der Waals surface area contributed by atoms with E-state index in [0.29, 0.717) is 18.7 Å². The number of methoxy groups -OCH3 is 1. The molecular formula is C12H17N3O5S. The molecule has 1 fully saturated rings. The highest BCUT2D eigenvalue weighted by Gasteiger charge is 2.30. The van der Waals surface area contributed by atoms with Gasteiger partial charge in [0.25, 0.3) is 0 Å². The molecule has 0 saturated carbocycles. The normalized spacial score (nSPS) is 18.7. The highest BCUT2D eigenvalue weighted by molar-refractivity contribution is 7.89. The van der Waals surface area contributed by atoms with Gasteiger partial charge in [0.2, 0.25) is 10.0 Å². The lowest BCUT2D eigenvalue weighted by Gasteiger charge is -2.16. The standard InChI is InChI=1S/C12H17N3O5S/c1-20-10-3-2-8(13)6-11(10)21(18,19)14-9-4-5-15(7-9)12(16)17/h2-3,6,9,14H,4-5,7,13H2,1H3,(H,16,17)/t9-/m1/s1. The number of nitrogen functional groups attached to an aromatic ring is 1. The molecule has 9 heteroatoms. The smallest absolute Gasteiger partial charge is 0.407 e. The third-order valence-electron chi connectivity index (χ3n) is 3.26. The van der Waals surface area contributed by atoms with Crippen LogP contribution in [-0.2, 0) is 10.0 Å². The van der Waals surface area contributed by atoms with Crippen molar-refractivity contribution in [2.24, 2.45) is 0 Å². The highest BCUT2D eigenvalue weighted by atomic mass is 32.2. The first-order valence-corrected chi connectivity index (χ1v) is 7.75. The third-order valence-corrected chi connectivity index (χ3v) is 4.80. The average Bonchev–Trinajstić information content (AvgIpc) is 2.86. The Kier molecular flexibility index (Phi) is 4.24. The Labute approximate surface area is 122 Å². The molecule has 1 aromatic rings. The largest absolute Gasteiger partial charge is 0.495 e. The number of anilines is 1. The molecule has 1 aliphatic rings. The van der Waals surface area contributed by atoms with Crippen LogP contribution in [0.15, 0.2) is 23.1 Å². The molecule has 0 aliphatic carbocycles. The van der Waals surface area contributed by atoms with Gasteiger partial charge in [-0.3, -0.25) is 0 Å². The van der Waals surface area contributed by atoms with E-state index >= 15 is 0 Å². The Morgan fingerprint density at radius 1 is 1.52 bits per heavy atom. The van der Waals surface area contributed by atoms with Crippen LogP contribution in [0.3, 0.4) is 0 Å². The van der Waals surface area contributed by atoms with Crippen molar-refractivity contribution in [1.29, 1.82) is 0 Å². The van der Waals surface area contributed by atoms with Crippen LogP contribution in [0.2, 0.25) is 0 Å². The lowest BCUT2D eigenvalue weighted by atomic mass is 10.3. The summed E-state index contributed by atoms with van der Waals surface area (Å²) in [6.07, 6.45) is -0.630. The molecular weight excluding hydrogens is 298 g/mol. The zero-order chi connectivity index (χ0) is 15.6. The minimum atomic E-state index is -3.83. The van der Waals surface area contributed by atoms with Crippen LogP contribution in [-0.4, -0.2) is 50.8 Å². The molecule has 1 aromatic carbocycles. The number of likely N-dealkylation sites (tertiary alicyclic amines) is 1. The summed E-state index contributed by atoms with van der Waals surface area (Å²) in [5.74, 6) is 0.185. The zero-order valence-corrected chi connectivity index (χ0v) is 12.3. The number of rotatable bonds is 4. The fraction of sp³-hybridized carbons (Fsp3) is 0.417. The summed E-state index contributed by atoms with van der Waals surface area (Å²) in [4.78, 5) is 12.0. The van der Waals surface area contributed by atoms with Crippen molar-refractivity contribution in [2.45, 2.75) is 17.4 Å². The molecule has 0 spiro atoms. The quantitative estimate of drug-likeness (QED) is 0.687. The summed E-state index contributed by atoms with van der Waals surface area (Å²) >= 11 is 0. The van der Waals surface area contributed by atoms with Crippen molar-refractivity contribution in [3.05, 3.63) is 18.2 Å². The van der Waals surface area contributed by atoms with E-state index in [2.05, 4.69) is 4.72 Å². The number of carboxylic acid groups (broad SMARTS) is 1. The fourth-order valence-electron chi connectivity index (χ4n) is 2.22. The summed E-state index contributed by atoms with van der Waals surface area (Å²) < 4.78 is 32.3. The lowest BCUT2D eigenvalue weighted by molar-refractivity contribution is 0.155. The van der Waals surface area contributed by atoms with Crippen molar-refractivity contribution >= 4 is 21.8 Å². The third kappa shape index (κ3) is 3.37. The molecule has 1 aliphatic heterocycles. The molecule has 1 heterocycles. The van der Waals surface area contributed by atoms with E-state index in [1.165, 1.54) is 24.1 Å². The molecule has 1 amide bonds. The number of sulfonamides is 1. The van der Waals surface area contributed by atoms with E-state index in [-0.39, 0.29) is 17.2 Å². The molecule has 21 heavy (non-hydrogen) atoms. The number of benzene rings is 1. The van der Waals surface area contributed by atoms with Gasteiger partial charge in [0.1, 0.15) is 10.6 Å². The van der Waals surface area contributed by atoms with Crippen LogP contribution in [0, 0.1) is 0 Å². The summed E-state index contributed by atoms with van der Waals surface area (Å²) in [5, 5.41) is 8.88. The number of nitrogens with one attached hydrogen (secondary N) is 1. The van der Waals surface area contributed by atoms with Crippen LogP contribution in [0.1, 0.15) is 6.42 Å². The summed E-state index contributed by atoms with van der Waals surface area (Å²) in [7, 11) is -2.47. The van der Waals surface area contributed by atoms with E-state index in [0.717, 1.165) is 0 Å². The fourth-order valence-corrected chi connectivity index (χ4v) is 3.68. The van der Waals surface area contributed by atoms with Gasteiger partial charge in [0.05, 0.1) is 7.11 Å². The van der Waals surface area contributed by atoms with Crippen molar-refractivity contribution in [3.8, 4) is 5.75 Å². The molecule has 0 unspecified atom stereocenters. The van der Waals surface area contributed by atoms with E-state index in [4.69, 9.17) is 15.6 Å². The number of ether oxygens (including phenoxy) is 1. The highest BCUT2D eigenvalue weighted by Crippen LogP contribution is 2.26. The lowest BCUT2D eigenvalue weighted by Crippen LogP contribution is -2.38. The molecule has 4 N–H and O–H groups in total. The van der Waals surface area contributed by atoms with E-state index in [1.54, 1.807) is 6.07 Å². The van der Waals surface area contributed by atoms with Crippen molar-refractivity contribution < 1.29 is 23.1 Å². The number of hydrogen-bond acceptors (Lipinski definition) is 5. The SMILES string of the molecule is COc1ccc(N)cc1S(=O)(=O)N[C@@H]1CCN(C(=O)O)C1. The van der Waals surface area contributed by atoms with Gasteiger partial charge >= 0.3 is 6.09 Å². The molecule has 2 rings (SSSR count). The Morgan fingerprint density at radius 3 is 2.81 bits per heavy atom. The minimum absolute atomic E-state index is 0.0567. The first-order chi connectivity index (χ1) is 9.83. The number of nitrogens with two attached hydrogens (primary N) is 1. The van der Waals surface area contributed by atoms with Gasteiger partial charge in [-0.1, -0.05) is 0 Å². The Hall–Kier alpha value is -2.00. The minimum Gasteiger partial charge on any atom is -0.495 e. The van der Waals surface area contributed by atoms with Gasteiger partial charge in [-0.05, 0) is 24.6 Å².